The van der Waals surface area contributed by atoms with Gasteiger partial charge in [-0.15, -0.1) is 0 Å². The average Bonchev–Trinajstić information content (AvgIpc) is 2.48. The number of nitrogens with two attached hydrogens (primary N) is 1. The first-order valence-corrected chi connectivity index (χ1v) is 7.39. The van der Waals surface area contributed by atoms with E-state index in [1.54, 1.807) is 6.07 Å². The van der Waals surface area contributed by atoms with Crippen molar-refractivity contribution in [1.29, 1.82) is 0 Å². The van der Waals surface area contributed by atoms with Crippen LogP contribution in [0.1, 0.15) is 42.5 Å². The zero-order valence-corrected chi connectivity index (χ0v) is 13.0. The molecule has 0 saturated heterocycles. The van der Waals surface area contributed by atoms with Gasteiger partial charge in [0.05, 0.1) is 6.04 Å². The van der Waals surface area contributed by atoms with Gasteiger partial charge in [0, 0.05) is 5.02 Å². The summed E-state index contributed by atoms with van der Waals surface area (Å²) < 4.78 is 13.3. The highest BCUT2D eigenvalue weighted by Crippen LogP contribution is 2.25. The molecule has 0 aromatic heterocycles. The van der Waals surface area contributed by atoms with E-state index in [0.717, 1.165) is 11.1 Å². The third-order valence-corrected chi connectivity index (χ3v) is 4.01. The van der Waals surface area contributed by atoms with Gasteiger partial charge in [-0.1, -0.05) is 49.7 Å². The lowest BCUT2D eigenvalue weighted by Gasteiger charge is -2.18. The van der Waals surface area contributed by atoms with Crippen molar-refractivity contribution in [3.63, 3.8) is 0 Å². The first kappa shape index (κ1) is 16.0. The Morgan fingerprint density at radius 3 is 2.29 bits per heavy atom. The fraction of sp³-hybridized carbons (Fsp3) is 0.294. The zero-order valence-electron chi connectivity index (χ0n) is 12.2. The van der Waals surface area contributed by atoms with Crippen LogP contribution in [-0.2, 0) is 6.42 Å². The Balaban J connectivity index is 2.21. The molecule has 4 heteroatoms. The molecular formula is C17H20ClFN2. The van der Waals surface area contributed by atoms with Crippen molar-refractivity contribution in [2.45, 2.75) is 32.2 Å². The van der Waals surface area contributed by atoms with Gasteiger partial charge in [0.1, 0.15) is 5.82 Å². The van der Waals surface area contributed by atoms with E-state index >= 15 is 0 Å². The molecule has 0 aliphatic rings. The summed E-state index contributed by atoms with van der Waals surface area (Å²) in [6.07, 6.45) is 0.536. The number of benzene rings is 2. The molecule has 2 aromatic rings. The molecule has 0 radical (unpaired) electrons. The number of hydrogen-bond acceptors (Lipinski definition) is 2. The predicted octanol–water partition coefficient (Wildman–Crippen LogP) is 4.35. The van der Waals surface area contributed by atoms with Crippen molar-refractivity contribution in [2.24, 2.45) is 5.84 Å². The molecule has 0 bridgehead atoms. The Hall–Kier alpha value is -1.42. The van der Waals surface area contributed by atoms with Gasteiger partial charge in [0.25, 0.3) is 0 Å². The minimum atomic E-state index is -0.291. The molecule has 2 rings (SSSR count). The second kappa shape index (κ2) is 7.03. The van der Waals surface area contributed by atoms with E-state index in [-0.39, 0.29) is 11.9 Å². The molecule has 21 heavy (non-hydrogen) atoms. The van der Waals surface area contributed by atoms with Gasteiger partial charge in [-0.05, 0) is 47.2 Å². The normalized spacial score (nSPS) is 12.7. The van der Waals surface area contributed by atoms with Gasteiger partial charge in [0.2, 0.25) is 0 Å². The van der Waals surface area contributed by atoms with Crippen LogP contribution >= 0.6 is 11.6 Å². The quantitative estimate of drug-likeness (QED) is 0.636. The second-order valence-corrected chi connectivity index (χ2v) is 5.89. The van der Waals surface area contributed by atoms with E-state index in [1.165, 1.54) is 17.7 Å². The lowest BCUT2D eigenvalue weighted by atomic mass is 9.96. The minimum Gasteiger partial charge on any atom is -0.271 e. The van der Waals surface area contributed by atoms with Gasteiger partial charge >= 0.3 is 0 Å². The lowest BCUT2D eigenvalue weighted by molar-refractivity contribution is 0.548. The van der Waals surface area contributed by atoms with E-state index < -0.39 is 0 Å². The smallest absolute Gasteiger partial charge is 0.123 e. The molecule has 3 N–H and O–H groups in total. The molecule has 0 aliphatic carbocycles. The number of hydrazine groups is 1. The van der Waals surface area contributed by atoms with E-state index in [0.29, 0.717) is 17.4 Å². The van der Waals surface area contributed by atoms with Crippen molar-refractivity contribution < 1.29 is 4.39 Å². The van der Waals surface area contributed by atoms with E-state index in [2.05, 4.69) is 31.4 Å². The Morgan fingerprint density at radius 2 is 1.71 bits per heavy atom. The van der Waals surface area contributed by atoms with Gasteiger partial charge < -0.3 is 0 Å². The number of halogens is 2. The molecule has 0 amide bonds. The van der Waals surface area contributed by atoms with Gasteiger partial charge in [0.15, 0.2) is 0 Å². The number of nitrogens with one attached hydrogen (secondary N) is 1. The maximum atomic E-state index is 13.3. The number of hydrogen-bond donors (Lipinski definition) is 2. The Kier molecular flexibility index (Phi) is 5.34. The summed E-state index contributed by atoms with van der Waals surface area (Å²) >= 11 is 6.12. The largest absolute Gasteiger partial charge is 0.271 e. The van der Waals surface area contributed by atoms with Gasteiger partial charge in [-0.2, -0.15) is 0 Å². The third kappa shape index (κ3) is 4.03. The monoisotopic (exact) mass is 306 g/mol. The summed E-state index contributed by atoms with van der Waals surface area (Å²) in [6, 6.07) is 12.6. The lowest BCUT2D eigenvalue weighted by Crippen LogP contribution is -2.29. The highest BCUT2D eigenvalue weighted by molar-refractivity contribution is 6.31. The van der Waals surface area contributed by atoms with Crippen molar-refractivity contribution in [3.8, 4) is 0 Å². The average molecular weight is 307 g/mol. The van der Waals surface area contributed by atoms with Crippen LogP contribution in [0.4, 0.5) is 4.39 Å². The summed E-state index contributed by atoms with van der Waals surface area (Å²) in [4.78, 5) is 0. The van der Waals surface area contributed by atoms with Crippen molar-refractivity contribution in [1.82, 2.24) is 5.43 Å². The van der Waals surface area contributed by atoms with Crippen LogP contribution < -0.4 is 11.3 Å². The van der Waals surface area contributed by atoms with Gasteiger partial charge in [-0.25, -0.2) is 4.39 Å². The Morgan fingerprint density at radius 1 is 1.10 bits per heavy atom. The van der Waals surface area contributed by atoms with Crippen LogP contribution in [0, 0.1) is 5.82 Å². The predicted molar refractivity (Wildman–Crippen MR) is 85.7 cm³/mol. The second-order valence-electron chi connectivity index (χ2n) is 5.48. The highest BCUT2D eigenvalue weighted by Gasteiger charge is 2.13. The van der Waals surface area contributed by atoms with Crippen LogP contribution in [0.15, 0.2) is 42.5 Å². The Labute approximate surface area is 130 Å². The molecule has 0 heterocycles. The minimum absolute atomic E-state index is 0.106. The maximum absolute atomic E-state index is 13.3. The summed E-state index contributed by atoms with van der Waals surface area (Å²) in [5.74, 6) is 5.85. The summed E-state index contributed by atoms with van der Waals surface area (Å²) in [6.45, 7) is 4.31. The highest BCUT2D eigenvalue weighted by atomic mass is 35.5. The SMILES string of the molecule is CC(C)c1ccc(C(Cc2cc(F)ccc2Cl)NN)cc1. The molecule has 112 valence electrons. The standard InChI is InChI=1S/C17H20ClFN2/c1-11(2)12-3-5-13(6-4-12)17(21-20)10-14-9-15(19)7-8-16(14)18/h3-9,11,17,21H,10,20H2,1-2H3. The first-order valence-electron chi connectivity index (χ1n) is 7.01. The summed E-state index contributed by atoms with van der Waals surface area (Å²) in [7, 11) is 0. The fourth-order valence-corrected chi connectivity index (χ4v) is 2.50. The molecule has 0 aliphatic heterocycles. The van der Waals surface area contributed by atoms with Crippen LogP contribution in [-0.4, -0.2) is 0 Å². The molecular weight excluding hydrogens is 287 g/mol. The maximum Gasteiger partial charge on any atom is 0.123 e. The van der Waals surface area contributed by atoms with E-state index in [1.807, 2.05) is 12.1 Å². The molecule has 2 nitrogen and oxygen atoms in total. The number of rotatable bonds is 5. The van der Waals surface area contributed by atoms with Crippen molar-refractivity contribution >= 4 is 11.6 Å². The van der Waals surface area contributed by atoms with Crippen LogP contribution in [0.3, 0.4) is 0 Å². The summed E-state index contributed by atoms with van der Waals surface area (Å²) in [5, 5.41) is 0.551. The van der Waals surface area contributed by atoms with Crippen LogP contribution in [0.25, 0.3) is 0 Å². The van der Waals surface area contributed by atoms with Gasteiger partial charge in [-0.3, -0.25) is 11.3 Å². The third-order valence-electron chi connectivity index (χ3n) is 3.64. The molecule has 1 unspecified atom stereocenters. The van der Waals surface area contributed by atoms with Crippen molar-refractivity contribution in [2.75, 3.05) is 0 Å². The molecule has 1 atom stereocenters. The fourth-order valence-electron chi connectivity index (χ4n) is 2.31. The van der Waals surface area contributed by atoms with E-state index in [4.69, 9.17) is 17.4 Å². The molecule has 0 spiro atoms. The van der Waals surface area contributed by atoms with E-state index in [9.17, 15) is 4.39 Å². The first-order chi connectivity index (χ1) is 10.0. The van der Waals surface area contributed by atoms with Crippen LogP contribution in [0.2, 0.25) is 5.02 Å². The van der Waals surface area contributed by atoms with Crippen molar-refractivity contribution in [3.05, 3.63) is 70.0 Å². The molecule has 0 fully saturated rings. The van der Waals surface area contributed by atoms with Crippen LogP contribution in [0.5, 0.6) is 0 Å². The zero-order chi connectivity index (χ0) is 15.4. The Bertz CT molecular complexity index is 596. The molecule has 2 aromatic carbocycles. The summed E-state index contributed by atoms with van der Waals surface area (Å²) in [5.41, 5.74) is 5.86. The molecule has 0 saturated carbocycles. The topological polar surface area (TPSA) is 38.0 Å².